The highest BCUT2D eigenvalue weighted by atomic mass is 79.9. The summed E-state index contributed by atoms with van der Waals surface area (Å²) in [5, 5.41) is 9.26. The Kier molecular flexibility index (Phi) is 8.50. The third-order valence-corrected chi connectivity index (χ3v) is 5.00. The normalized spacial score (nSPS) is 17.1. The molecule has 0 aliphatic heterocycles. The lowest BCUT2D eigenvalue weighted by Gasteiger charge is -2.20. The van der Waals surface area contributed by atoms with Gasteiger partial charge < -0.3 is 14.2 Å². The molecule has 2 atom stereocenters. The second kappa shape index (κ2) is 9.31. The number of hydrogen-bond acceptors (Lipinski definition) is 4. The number of phenolic OH excluding ortho intramolecular Hbond substituents is 1. The molecular formula is C14H21Br2O4P. The lowest BCUT2D eigenvalue weighted by Crippen LogP contribution is -2.11. The van der Waals surface area contributed by atoms with Crippen LogP contribution in [0.3, 0.4) is 0 Å². The van der Waals surface area contributed by atoms with E-state index in [1.54, 1.807) is 24.3 Å². The van der Waals surface area contributed by atoms with Gasteiger partial charge in [0.1, 0.15) is 5.75 Å². The van der Waals surface area contributed by atoms with Crippen molar-refractivity contribution in [2.45, 2.75) is 29.9 Å². The highest BCUT2D eigenvalue weighted by Crippen LogP contribution is 2.49. The molecule has 1 aromatic carbocycles. The van der Waals surface area contributed by atoms with Crippen molar-refractivity contribution >= 4 is 39.5 Å². The van der Waals surface area contributed by atoms with Crippen LogP contribution < -0.4 is 0 Å². The molecule has 0 bridgehead atoms. The number of alkyl halides is 2. The first kappa shape index (κ1) is 19.2. The number of aromatic hydroxyl groups is 1. The average molecular weight is 444 g/mol. The third-order valence-electron chi connectivity index (χ3n) is 2.61. The molecule has 7 heteroatoms. The van der Waals surface area contributed by atoms with Gasteiger partial charge in [-0.1, -0.05) is 57.8 Å². The molecule has 0 aromatic heterocycles. The fraction of sp³-hybridized carbons (Fsp3) is 0.571. The number of benzene rings is 1. The van der Waals surface area contributed by atoms with Gasteiger partial charge in [0.25, 0.3) is 0 Å². The van der Waals surface area contributed by atoms with Crippen LogP contribution in [0.5, 0.6) is 5.75 Å². The summed E-state index contributed by atoms with van der Waals surface area (Å²) in [6, 6.07) is 6.84. The van der Waals surface area contributed by atoms with E-state index in [2.05, 4.69) is 31.9 Å². The van der Waals surface area contributed by atoms with Crippen molar-refractivity contribution in [3.8, 4) is 5.75 Å². The van der Waals surface area contributed by atoms with Gasteiger partial charge in [-0.25, -0.2) is 0 Å². The Hall–Kier alpha value is 0.130. The summed E-state index contributed by atoms with van der Waals surface area (Å²) in [5.74, 6) is 0.218. The van der Waals surface area contributed by atoms with E-state index in [9.17, 15) is 9.67 Å². The number of hydrogen-bond donors (Lipinski definition) is 1. The molecule has 21 heavy (non-hydrogen) atoms. The Morgan fingerprint density at radius 1 is 1.10 bits per heavy atom. The van der Waals surface area contributed by atoms with Gasteiger partial charge >= 0.3 is 7.60 Å². The van der Waals surface area contributed by atoms with Crippen LogP contribution in [0.25, 0.3) is 0 Å². The minimum absolute atomic E-state index is 0.115. The van der Waals surface area contributed by atoms with Gasteiger partial charge in [-0.2, -0.15) is 0 Å². The summed E-state index contributed by atoms with van der Waals surface area (Å²) < 4.78 is 23.7. The Morgan fingerprint density at radius 3 is 2.00 bits per heavy atom. The Morgan fingerprint density at radius 2 is 1.57 bits per heavy atom. The minimum Gasteiger partial charge on any atom is -0.508 e. The maximum Gasteiger partial charge on any atom is 0.331 e. The summed E-state index contributed by atoms with van der Waals surface area (Å²) >= 11 is 6.74. The van der Waals surface area contributed by atoms with Gasteiger partial charge in [0.2, 0.25) is 0 Å². The molecular weight excluding hydrogens is 423 g/mol. The lowest BCUT2D eigenvalue weighted by molar-refractivity contribution is 0.209. The molecule has 1 N–H and O–H groups in total. The molecule has 0 aliphatic carbocycles. The van der Waals surface area contributed by atoms with Crippen LogP contribution in [0.1, 0.15) is 19.4 Å². The van der Waals surface area contributed by atoms with E-state index in [0.29, 0.717) is 25.8 Å². The molecule has 0 fully saturated rings. The summed E-state index contributed by atoms with van der Waals surface area (Å²) in [5.41, 5.74) is 0.985. The maximum atomic E-state index is 12.7. The summed E-state index contributed by atoms with van der Waals surface area (Å²) in [4.78, 5) is 0.231. The Labute approximate surface area is 143 Å². The molecule has 0 aliphatic rings. The van der Waals surface area contributed by atoms with Crippen molar-refractivity contribution in [3.05, 3.63) is 29.8 Å². The number of halogens is 2. The fourth-order valence-corrected chi connectivity index (χ4v) is 3.97. The average Bonchev–Trinajstić information content (AvgIpc) is 2.43. The van der Waals surface area contributed by atoms with E-state index >= 15 is 0 Å². The van der Waals surface area contributed by atoms with Gasteiger partial charge in [0, 0.05) is 9.65 Å². The van der Waals surface area contributed by atoms with Crippen molar-refractivity contribution in [1.29, 1.82) is 0 Å². The lowest BCUT2D eigenvalue weighted by atomic mass is 10.2. The topological polar surface area (TPSA) is 55.8 Å². The molecule has 0 spiro atoms. The van der Waals surface area contributed by atoms with Gasteiger partial charge in [-0.05, 0) is 24.1 Å². The molecule has 0 amide bonds. The van der Waals surface area contributed by atoms with Crippen LogP contribution in [0.15, 0.2) is 24.3 Å². The zero-order chi connectivity index (χ0) is 15.9. The molecule has 4 nitrogen and oxygen atoms in total. The van der Waals surface area contributed by atoms with Gasteiger partial charge in [0.05, 0.1) is 19.4 Å². The van der Waals surface area contributed by atoms with Crippen molar-refractivity contribution in [3.63, 3.8) is 0 Å². The Balaban J connectivity index is 2.62. The van der Waals surface area contributed by atoms with Crippen LogP contribution >= 0.6 is 39.5 Å². The fourth-order valence-electron chi connectivity index (χ4n) is 1.53. The second-order valence-corrected chi connectivity index (χ2v) is 10.2. The van der Waals surface area contributed by atoms with Crippen LogP contribution in [0.2, 0.25) is 0 Å². The first-order valence-corrected chi connectivity index (χ1v) is 10.3. The predicted octanol–water partition coefficient (Wildman–Crippen LogP) is 4.73. The molecule has 2 unspecified atom stereocenters. The van der Waals surface area contributed by atoms with Crippen LogP contribution in [-0.2, 0) is 20.0 Å². The largest absolute Gasteiger partial charge is 0.508 e. The number of rotatable bonds is 9. The van der Waals surface area contributed by atoms with Crippen molar-refractivity contribution in [1.82, 2.24) is 0 Å². The molecule has 0 heterocycles. The van der Waals surface area contributed by atoms with E-state index in [-0.39, 0.29) is 15.4 Å². The van der Waals surface area contributed by atoms with Gasteiger partial charge in [0.15, 0.2) is 0 Å². The van der Waals surface area contributed by atoms with E-state index in [1.807, 2.05) is 13.8 Å². The first-order chi connectivity index (χ1) is 9.81. The summed E-state index contributed by atoms with van der Waals surface area (Å²) in [6.07, 6.45) is 0.891. The number of aryl methyl sites for hydroxylation is 1. The highest BCUT2D eigenvalue weighted by molar-refractivity contribution is 9.09. The van der Waals surface area contributed by atoms with Crippen molar-refractivity contribution < 1.29 is 18.7 Å². The quantitative estimate of drug-likeness (QED) is 0.442. The van der Waals surface area contributed by atoms with E-state index in [1.165, 1.54) is 0 Å². The molecule has 0 radical (unpaired) electrons. The third kappa shape index (κ3) is 8.36. The van der Waals surface area contributed by atoms with E-state index in [0.717, 1.165) is 5.56 Å². The summed E-state index contributed by atoms with van der Waals surface area (Å²) in [6.45, 7) is 4.53. The minimum atomic E-state index is -3.13. The van der Waals surface area contributed by atoms with Gasteiger partial charge in [-0.3, -0.25) is 4.57 Å². The van der Waals surface area contributed by atoms with Gasteiger partial charge in [-0.15, -0.1) is 0 Å². The molecule has 0 saturated carbocycles. The van der Waals surface area contributed by atoms with Crippen LogP contribution in [-0.4, -0.2) is 34.1 Å². The maximum absolute atomic E-state index is 12.7. The molecule has 1 rings (SSSR count). The second-order valence-electron chi connectivity index (χ2n) is 4.90. The monoisotopic (exact) mass is 442 g/mol. The van der Waals surface area contributed by atoms with Crippen molar-refractivity contribution in [2.75, 3.05) is 19.4 Å². The number of phenols is 1. The Bertz CT molecular complexity index is 447. The first-order valence-electron chi connectivity index (χ1n) is 6.75. The van der Waals surface area contributed by atoms with Crippen LogP contribution in [0.4, 0.5) is 0 Å². The molecule has 1 aromatic rings. The van der Waals surface area contributed by atoms with E-state index in [4.69, 9.17) is 9.05 Å². The molecule has 120 valence electrons. The highest BCUT2D eigenvalue weighted by Gasteiger charge is 2.25. The van der Waals surface area contributed by atoms with E-state index < -0.39 is 7.60 Å². The standard InChI is InChI=1S/C14H21Br2O4P/c1-11(15)9-19-21(18,20-10-12(2)16)8-7-13-3-5-14(17)6-4-13/h3-6,11-12,17H,7-10H2,1-2H3. The SMILES string of the molecule is CC(Br)COP(=O)(CCc1ccc(O)cc1)OCC(C)Br. The summed E-state index contributed by atoms with van der Waals surface area (Å²) in [7, 11) is -3.13. The smallest absolute Gasteiger partial charge is 0.331 e. The van der Waals surface area contributed by atoms with Crippen LogP contribution in [0, 0.1) is 0 Å². The molecule has 0 saturated heterocycles. The predicted molar refractivity (Wildman–Crippen MR) is 93.0 cm³/mol. The zero-order valence-electron chi connectivity index (χ0n) is 12.2. The van der Waals surface area contributed by atoms with Crippen molar-refractivity contribution in [2.24, 2.45) is 0 Å². The zero-order valence-corrected chi connectivity index (χ0v) is 16.2.